The number of aliphatic carboxylic acids is 1. The number of carbonyl (C=O) groups excluding carboxylic acids is 1. The SMILES string of the molecule is C=C(C(=O)O)C(C1CCCCCCCCC1)(C1CCCCCCCCC1)C1CCCCCCCCC1.C=C(C)C(=O)OC(CC)CCCCCCC. The van der Waals surface area contributed by atoms with Gasteiger partial charge in [-0.05, 0) is 82.5 Å². The van der Waals surface area contributed by atoms with Gasteiger partial charge in [0.1, 0.15) is 6.10 Å². The van der Waals surface area contributed by atoms with Gasteiger partial charge in [0.05, 0.1) is 0 Å². The number of rotatable bonds is 14. The van der Waals surface area contributed by atoms with Gasteiger partial charge in [-0.3, -0.25) is 0 Å². The van der Waals surface area contributed by atoms with Crippen molar-refractivity contribution >= 4 is 11.9 Å². The van der Waals surface area contributed by atoms with E-state index in [0.29, 0.717) is 28.9 Å². The molecule has 3 saturated carbocycles. The summed E-state index contributed by atoms with van der Waals surface area (Å²) in [6, 6.07) is 0. The molecule has 3 aliphatic rings. The average molecular weight is 727 g/mol. The van der Waals surface area contributed by atoms with E-state index in [2.05, 4.69) is 27.0 Å². The van der Waals surface area contributed by atoms with E-state index in [9.17, 15) is 14.7 Å². The van der Waals surface area contributed by atoms with Gasteiger partial charge in [0, 0.05) is 16.6 Å². The molecule has 52 heavy (non-hydrogen) atoms. The summed E-state index contributed by atoms with van der Waals surface area (Å²) in [4.78, 5) is 24.3. The van der Waals surface area contributed by atoms with Crippen molar-refractivity contribution in [2.45, 2.75) is 245 Å². The first-order valence-electron chi connectivity index (χ1n) is 23.1. The maximum absolute atomic E-state index is 13.0. The maximum atomic E-state index is 13.0. The lowest BCUT2D eigenvalue weighted by atomic mass is 9.50. The van der Waals surface area contributed by atoms with Gasteiger partial charge < -0.3 is 9.84 Å². The van der Waals surface area contributed by atoms with Gasteiger partial charge in [-0.15, -0.1) is 0 Å². The van der Waals surface area contributed by atoms with Crippen molar-refractivity contribution < 1.29 is 19.4 Å². The number of carboxylic acid groups (broad SMARTS) is 1. The Morgan fingerprint density at radius 2 is 0.904 bits per heavy atom. The minimum Gasteiger partial charge on any atom is -0.478 e. The zero-order chi connectivity index (χ0) is 37.9. The number of esters is 1. The Hall–Kier alpha value is -1.58. The Balaban J connectivity index is 0.000000493. The summed E-state index contributed by atoms with van der Waals surface area (Å²) in [5.74, 6) is 0.613. The molecule has 3 fully saturated rings. The van der Waals surface area contributed by atoms with E-state index < -0.39 is 5.97 Å². The number of carbonyl (C=O) groups is 2. The molecule has 0 aromatic heterocycles. The second-order valence-electron chi connectivity index (χ2n) is 17.4. The third-order valence-corrected chi connectivity index (χ3v) is 13.3. The first kappa shape index (κ1) is 46.6. The van der Waals surface area contributed by atoms with Crippen LogP contribution in [0.3, 0.4) is 0 Å². The van der Waals surface area contributed by atoms with Crippen molar-refractivity contribution in [3.05, 3.63) is 24.3 Å². The van der Waals surface area contributed by atoms with Crippen LogP contribution >= 0.6 is 0 Å². The van der Waals surface area contributed by atoms with E-state index in [1.54, 1.807) is 6.92 Å². The second-order valence-corrected chi connectivity index (χ2v) is 17.4. The molecule has 302 valence electrons. The van der Waals surface area contributed by atoms with Crippen LogP contribution in [0.1, 0.15) is 239 Å². The van der Waals surface area contributed by atoms with Crippen molar-refractivity contribution in [1.82, 2.24) is 0 Å². The van der Waals surface area contributed by atoms with E-state index in [-0.39, 0.29) is 17.5 Å². The van der Waals surface area contributed by atoms with Crippen LogP contribution in [0.25, 0.3) is 0 Å². The van der Waals surface area contributed by atoms with Gasteiger partial charge in [0.25, 0.3) is 0 Å². The average Bonchev–Trinajstić information content (AvgIpc) is 3.15. The molecule has 0 saturated heterocycles. The molecule has 4 nitrogen and oxygen atoms in total. The molecular formula is C48H86O4. The molecule has 4 heteroatoms. The van der Waals surface area contributed by atoms with Gasteiger partial charge >= 0.3 is 11.9 Å². The molecule has 0 aromatic rings. The van der Waals surface area contributed by atoms with Crippen molar-refractivity contribution in [2.24, 2.45) is 23.2 Å². The van der Waals surface area contributed by atoms with E-state index in [4.69, 9.17) is 4.74 Å². The molecule has 3 aliphatic carbocycles. The van der Waals surface area contributed by atoms with Crippen LogP contribution in [0.5, 0.6) is 0 Å². The van der Waals surface area contributed by atoms with Crippen LogP contribution in [-0.4, -0.2) is 23.1 Å². The summed E-state index contributed by atoms with van der Waals surface area (Å²) < 4.78 is 5.33. The van der Waals surface area contributed by atoms with Crippen LogP contribution in [0.15, 0.2) is 24.3 Å². The molecule has 1 atom stereocenters. The van der Waals surface area contributed by atoms with Crippen LogP contribution in [0, 0.1) is 23.2 Å². The lowest BCUT2D eigenvalue weighted by Crippen LogP contribution is -2.48. The largest absolute Gasteiger partial charge is 0.478 e. The van der Waals surface area contributed by atoms with Gasteiger partial charge in [-0.25, -0.2) is 9.59 Å². The third-order valence-electron chi connectivity index (χ3n) is 13.3. The van der Waals surface area contributed by atoms with Crippen molar-refractivity contribution in [3.63, 3.8) is 0 Å². The summed E-state index contributed by atoms with van der Waals surface area (Å²) in [5.41, 5.74) is 0.932. The Morgan fingerprint density at radius 1 is 0.577 bits per heavy atom. The van der Waals surface area contributed by atoms with E-state index in [1.807, 2.05) is 0 Å². The molecule has 0 spiro atoms. The molecule has 0 heterocycles. The molecule has 0 aromatic carbocycles. The number of hydrogen-bond donors (Lipinski definition) is 1. The van der Waals surface area contributed by atoms with Crippen LogP contribution in [0.4, 0.5) is 0 Å². The highest BCUT2D eigenvalue weighted by Gasteiger charge is 2.52. The molecule has 0 radical (unpaired) electrons. The fourth-order valence-corrected chi connectivity index (χ4v) is 10.4. The van der Waals surface area contributed by atoms with Gasteiger partial charge in [-0.1, -0.05) is 188 Å². The molecule has 0 aliphatic heterocycles. The monoisotopic (exact) mass is 727 g/mol. The van der Waals surface area contributed by atoms with E-state index >= 15 is 0 Å². The van der Waals surface area contributed by atoms with Gasteiger partial charge in [-0.2, -0.15) is 0 Å². The van der Waals surface area contributed by atoms with Gasteiger partial charge in [0.15, 0.2) is 0 Å². The zero-order valence-electron chi connectivity index (χ0n) is 34.9. The van der Waals surface area contributed by atoms with Crippen LogP contribution < -0.4 is 0 Å². The first-order chi connectivity index (χ1) is 25.3. The molecule has 0 amide bonds. The van der Waals surface area contributed by atoms with E-state index in [1.165, 1.54) is 199 Å². The molecular weight excluding hydrogens is 641 g/mol. The Kier molecular flexibility index (Phi) is 25.8. The smallest absolute Gasteiger partial charge is 0.333 e. The van der Waals surface area contributed by atoms with Crippen LogP contribution in [0.2, 0.25) is 0 Å². The predicted octanol–water partition coefficient (Wildman–Crippen LogP) is 15.3. The summed E-state index contributed by atoms with van der Waals surface area (Å²) >= 11 is 0. The van der Waals surface area contributed by atoms with E-state index in [0.717, 1.165) is 19.3 Å². The molecule has 3 rings (SSSR count). The predicted molar refractivity (Wildman–Crippen MR) is 223 cm³/mol. The third kappa shape index (κ3) is 17.3. The molecule has 1 N–H and O–H groups in total. The topological polar surface area (TPSA) is 63.6 Å². The normalized spacial score (nSPS) is 21.1. The van der Waals surface area contributed by atoms with Crippen molar-refractivity contribution in [1.29, 1.82) is 0 Å². The number of ether oxygens (including phenoxy) is 1. The summed E-state index contributed by atoms with van der Waals surface area (Å²) in [7, 11) is 0. The maximum Gasteiger partial charge on any atom is 0.333 e. The minimum atomic E-state index is -0.679. The van der Waals surface area contributed by atoms with Gasteiger partial charge in [0.2, 0.25) is 0 Å². The standard InChI is InChI=1S/C34H60O2.C14H26O2/c1-29(33(35)36)34(30-23-17-11-5-2-6-12-18-24-30,31-25-19-13-7-3-8-14-20-26-31)32-27-21-15-9-4-10-16-22-28-32;1-5-7-8-9-10-11-13(6-2)16-14(15)12(3)4/h30-32H,1-28H2,(H,35,36);13H,3,5-11H2,1-2,4H3. The highest BCUT2D eigenvalue weighted by atomic mass is 16.5. The number of unbranched alkanes of at least 4 members (excludes halogenated alkanes) is 4. The summed E-state index contributed by atoms with van der Waals surface area (Å²) in [6.45, 7) is 14.1. The fraction of sp³-hybridized carbons (Fsp3) is 0.875. The summed E-state index contributed by atoms with van der Waals surface area (Å²) in [6.07, 6.45) is 43.8. The lowest BCUT2D eigenvalue weighted by molar-refractivity contribution is -0.144. The second kappa shape index (κ2) is 28.8. The fourth-order valence-electron chi connectivity index (χ4n) is 10.4. The highest BCUT2D eigenvalue weighted by Crippen LogP contribution is 2.58. The number of carboxylic acids is 1. The first-order valence-corrected chi connectivity index (χ1v) is 23.1. The Bertz CT molecular complexity index is 873. The number of hydrogen-bond acceptors (Lipinski definition) is 3. The van der Waals surface area contributed by atoms with Crippen molar-refractivity contribution in [3.8, 4) is 0 Å². The Morgan fingerprint density at radius 3 is 1.19 bits per heavy atom. The van der Waals surface area contributed by atoms with Crippen molar-refractivity contribution in [2.75, 3.05) is 0 Å². The summed E-state index contributed by atoms with van der Waals surface area (Å²) in [5, 5.41) is 10.7. The molecule has 0 bridgehead atoms. The quantitative estimate of drug-likeness (QED) is 0.110. The lowest BCUT2D eigenvalue weighted by Gasteiger charge is -2.53. The highest BCUT2D eigenvalue weighted by molar-refractivity contribution is 5.88. The Labute approximate surface area is 323 Å². The molecule has 1 unspecified atom stereocenters. The zero-order valence-corrected chi connectivity index (χ0v) is 34.9. The minimum absolute atomic E-state index is 0.0748. The van der Waals surface area contributed by atoms with Crippen LogP contribution in [-0.2, 0) is 14.3 Å².